The first kappa shape index (κ1) is 9.66. The van der Waals surface area contributed by atoms with Crippen LogP contribution in [0, 0.1) is 11.2 Å². The van der Waals surface area contributed by atoms with Crippen LogP contribution < -0.4 is 0 Å². The fourth-order valence-corrected chi connectivity index (χ4v) is 2.15. The first-order valence-corrected chi connectivity index (χ1v) is 5.09. The molecule has 0 radical (unpaired) electrons. The molecule has 76 valence electrons. The molecule has 1 aromatic rings. The maximum Gasteiger partial charge on any atom is 0.123 e. The van der Waals surface area contributed by atoms with Crippen LogP contribution in [0.25, 0.3) is 0 Å². The second kappa shape index (κ2) is 3.70. The fraction of sp³-hybridized carbons (Fsp3) is 0.500. The molecule has 2 rings (SSSR count). The summed E-state index contributed by atoms with van der Waals surface area (Å²) in [5.74, 6) is -0.185. The molecule has 0 unspecified atom stereocenters. The first-order valence-electron chi connectivity index (χ1n) is 5.09. The van der Waals surface area contributed by atoms with Crippen molar-refractivity contribution in [3.63, 3.8) is 0 Å². The Morgan fingerprint density at radius 3 is 2.64 bits per heavy atom. The molecular formula is C12H15FO. The molecule has 1 N–H and O–H groups in total. The van der Waals surface area contributed by atoms with Gasteiger partial charge in [0.25, 0.3) is 0 Å². The maximum absolute atomic E-state index is 12.9. The average molecular weight is 194 g/mol. The van der Waals surface area contributed by atoms with Crippen molar-refractivity contribution in [2.45, 2.75) is 25.7 Å². The molecule has 0 aliphatic heterocycles. The summed E-state index contributed by atoms with van der Waals surface area (Å²) in [5, 5.41) is 9.27. The molecule has 0 spiro atoms. The van der Waals surface area contributed by atoms with Gasteiger partial charge >= 0.3 is 0 Å². The van der Waals surface area contributed by atoms with Gasteiger partial charge in [0.1, 0.15) is 5.82 Å². The van der Waals surface area contributed by atoms with E-state index in [9.17, 15) is 9.50 Å². The lowest BCUT2D eigenvalue weighted by Crippen LogP contribution is -2.35. The number of hydrogen-bond acceptors (Lipinski definition) is 1. The van der Waals surface area contributed by atoms with Gasteiger partial charge in [-0.15, -0.1) is 0 Å². The molecule has 0 amide bonds. The van der Waals surface area contributed by atoms with Crippen LogP contribution in [-0.4, -0.2) is 11.7 Å². The first-order chi connectivity index (χ1) is 6.74. The third-order valence-corrected chi connectivity index (χ3v) is 3.22. The zero-order chi connectivity index (χ0) is 10.0. The molecule has 2 heteroatoms. The van der Waals surface area contributed by atoms with E-state index in [4.69, 9.17) is 0 Å². The Bertz CT molecular complexity index is 312. The van der Waals surface area contributed by atoms with Crippen molar-refractivity contribution < 1.29 is 9.50 Å². The van der Waals surface area contributed by atoms with Crippen molar-refractivity contribution in [3.05, 3.63) is 35.6 Å². The van der Waals surface area contributed by atoms with Crippen LogP contribution in [0.5, 0.6) is 0 Å². The van der Waals surface area contributed by atoms with E-state index in [1.165, 1.54) is 12.5 Å². The van der Waals surface area contributed by atoms with Gasteiger partial charge in [0.2, 0.25) is 0 Å². The van der Waals surface area contributed by atoms with Crippen molar-refractivity contribution in [1.29, 1.82) is 0 Å². The van der Waals surface area contributed by atoms with Gasteiger partial charge < -0.3 is 5.11 Å². The highest BCUT2D eigenvalue weighted by Crippen LogP contribution is 2.43. The molecule has 0 heterocycles. The van der Waals surface area contributed by atoms with Gasteiger partial charge in [-0.05, 0) is 42.4 Å². The van der Waals surface area contributed by atoms with Crippen molar-refractivity contribution in [1.82, 2.24) is 0 Å². The van der Waals surface area contributed by atoms with Crippen molar-refractivity contribution >= 4 is 0 Å². The number of benzene rings is 1. The minimum Gasteiger partial charge on any atom is -0.396 e. The lowest BCUT2D eigenvalue weighted by molar-refractivity contribution is 0.0450. The third kappa shape index (κ3) is 1.80. The van der Waals surface area contributed by atoms with E-state index in [2.05, 4.69) is 0 Å². The second-order valence-corrected chi connectivity index (χ2v) is 4.32. The predicted octanol–water partition coefficient (Wildman–Crippen LogP) is 2.53. The van der Waals surface area contributed by atoms with E-state index in [0.717, 1.165) is 24.8 Å². The zero-order valence-electron chi connectivity index (χ0n) is 8.17. The zero-order valence-corrected chi connectivity index (χ0v) is 8.17. The number of rotatable bonds is 3. The van der Waals surface area contributed by atoms with Crippen molar-refractivity contribution in [3.8, 4) is 0 Å². The van der Waals surface area contributed by atoms with Crippen LogP contribution in [0.1, 0.15) is 24.8 Å². The van der Waals surface area contributed by atoms with Gasteiger partial charge in [0.05, 0.1) is 0 Å². The Kier molecular flexibility index (Phi) is 2.55. The van der Waals surface area contributed by atoms with Crippen molar-refractivity contribution in [2.75, 3.05) is 6.61 Å². The number of aliphatic hydroxyl groups excluding tert-OH is 1. The van der Waals surface area contributed by atoms with Crippen LogP contribution in [0.2, 0.25) is 0 Å². The topological polar surface area (TPSA) is 20.2 Å². The summed E-state index contributed by atoms with van der Waals surface area (Å²) in [6.07, 6.45) is 4.14. The SMILES string of the molecule is OCC1(Cc2cccc(F)c2)CCC1. The van der Waals surface area contributed by atoms with Gasteiger partial charge in [-0.25, -0.2) is 4.39 Å². The smallest absolute Gasteiger partial charge is 0.123 e. The van der Waals surface area contributed by atoms with Gasteiger partial charge in [-0.1, -0.05) is 18.6 Å². The lowest BCUT2D eigenvalue weighted by atomic mass is 9.66. The fourth-order valence-electron chi connectivity index (χ4n) is 2.15. The van der Waals surface area contributed by atoms with Gasteiger partial charge in [0.15, 0.2) is 0 Å². The maximum atomic E-state index is 12.9. The van der Waals surface area contributed by atoms with Crippen LogP contribution in [-0.2, 0) is 6.42 Å². The number of aliphatic hydroxyl groups is 1. The third-order valence-electron chi connectivity index (χ3n) is 3.22. The highest BCUT2D eigenvalue weighted by molar-refractivity contribution is 5.18. The normalized spacial score (nSPS) is 19.0. The van der Waals surface area contributed by atoms with Crippen molar-refractivity contribution in [2.24, 2.45) is 5.41 Å². The Balaban J connectivity index is 2.09. The standard InChI is InChI=1S/C12H15FO/c13-11-4-1-3-10(7-11)8-12(9-14)5-2-6-12/h1,3-4,7,14H,2,5-6,8-9H2. The molecule has 1 nitrogen and oxygen atoms in total. The molecule has 0 saturated heterocycles. The van der Waals surface area contributed by atoms with Crippen LogP contribution in [0.4, 0.5) is 4.39 Å². The predicted molar refractivity (Wildman–Crippen MR) is 53.5 cm³/mol. The molecule has 0 aromatic heterocycles. The molecule has 0 bridgehead atoms. The lowest BCUT2D eigenvalue weighted by Gasteiger charge is -2.40. The Labute approximate surface area is 83.6 Å². The summed E-state index contributed by atoms with van der Waals surface area (Å²) >= 11 is 0. The minimum absolute atomic E-state index is 0.0494. The van der Waals surface area contributed by atoms with Crippen LogP contribution in [0.3, 0.4) is 0 Å². The van der Waals surface area contributed by atoms with E-state index >= 15 is 0 Å². The summed E-state index contributed by atoms with van der Waals surface area (Å²) in [5.41, 5.74) is 1.05. The highest BCUT2D eigenvalue weighted by Gasteiger charge is 2.36. The van der Waals surface area contributed by atoms with E-state index in [-0.39, 0.29) is 17.8 Å². The summed E-state index contributed by atoms with van der Waals surface area (Å²) in [6, 6.07) is 6.68. The van der Waals surface area contributed by atoms with Gasteiger partial charge in [-0.2, -0.15) is 0 Å². The van der Waals surface area contributed by atoms with E-state index in [1.807, 2.05) is 6.07 Å². The molecular weight excluding hydrogens is 179 g/mol. The van der Waals surface area contributed by atoms with Crippen LogP contribution in [0.15, 0.2) is 24.3 Å². The Hall–Kier alpha value is -0.890. The summed E-state index contributed by atoms with van der Waals surface area (Å²) < 4.78 is 12.9. The Morgan fingerprint density at radius 2 is 2.14 bits per heavy atom. The molecule has 0 atom stereocenters. The second-order valence-electron chi connectivity index (χ2n) is 4.32. The quantitative estimate of drug-likeness (QED) is 0.784. The van der Waals surface area contributed by atoms with E-state index in [1.54, 1.807) is 12.1 Å². The summed E-state index contributed by atoms with van der Waals surface area (Å²) in [4.78, 5) is 0. The monoisotopic (exact) mass is 194 g/mol. The van der Waals surface area contributed by atoms with E-state index < -0.39 is 0 Å². The molecule has 1 fully saturated rings. The summed E-state index contributed by atoms with van der Waals surface area (Å²) in [6.45, 7) is 0.226. The Morgan fingerprint density at radius 1 is 1.36 bits per heavy atom. The molecule has 1 aliphatic rings. The molecule has 1 saturated carbocycles. The number of halogens is 1. The highest BCUT2D eigenvalue weighted by atomic mass is 19.1. The molecule has 14 heavy (non-hydrogen) atoms. The minimum atomic E-state index is -0.185. The van der Waals surface area contributed by atoms with Gasteiger partial charge in [-0.3, -0.25) is 0 Å². The molecule has 1 aromatic carbocycles. The number of hydrogen-bond donors (Lipinski definition) is 1. The molecule has 1 aliphatic carbocycles. The van der Waals surface area contributed by atoms with Gasteiger partial charge in [0, 0.05) is 6.61 Å². The van der Waals surface area contributed by atoms with E-state index in [0.29, 0.717) is 0 Å². The van der Waals surface area contributed by atoms with Crippen LogP contribution >= 0.6 is 0 Å². The average Bonchev–Trinajstić information content (AvgIpc) is 2.11. The largest absolute Gasteiger partial charge is 0.396 e. The summed E-state index contributed by atoms with van der Waals surface area (Å²) in [7, 11) is 0.